The van der Waals surface area contributed by atoms with Crippen molar-refractivity contribution >= 4 is 17.4 Å². The summed E-state index contributed by atoms with van der Waals surface area (Å²) in [5, 5.41) is 0. The highest BCUT2D eigenvalue weighted by Crippen LogP contribution is 2.18. The second kappa shape index (κ2) is 7.40. The van der Waals surface area contributed by atoms with E-state index in [2.05, 4.69) is 17.3 Å². The van der Waals surface area contributed by atoms with Crippen molar-refractivity contribution in [3.8, 4) is 0 Å². The smallest absolute Gasteiger partial charge is 0.259 e. The molecule has 0 aliphatic rings. The Morgan fingerprint density at radius 1 is 1.24 bits per heavy atom. The third kappa shape index (κ3) is 3.79. The number of pyridine rings is 1. The lowest BCUT2D eigenvalue weighted by Crippen LogP contribution is -2.32. The number of carbonyl (C=O) groups is 1. The highest BCUT2D eigenvalue weighted by Gasteiger charge is 2.17. The number of hydrogen-bond acceptors (Lipinski definition) is 4. The summed E-state index contributed by atoms with van der Waals surface area (Å²) in [4.78, 5) is 18.6. The number of nitrogens with zero attached hydrogens (tertiary/aromatic N) is 2. The van der Waals surface area contributed by atoms with Crippen LogP contribution in [0.5, 0.6) is 0 Å². The first-order valence-corrected chi connectivity index (χ1v) is 7.06. The van der Waals surface area contributed by atoms with Gasteiger partial charge in [-0.25, -0.2) is 10.8 Å². The molecule has 2 aromatic rings. The number of carbonyl (C=O) groups excluding carboxylic acids is 1. The predicted octanol–water partition coefficient (Wildman–Crippen LogP) is 2.81. The van der Waals surface area contributed by atoms with Gasteiger partial charge in [-0.15, -0.1) is 0 Å². The van der Waals surface area contributed by atoms with Crippen molar-refractivity contribution in [2.45, 2.75) is 19.8 Å². The van der Waals surface area contributed by atoms with Gasteiger partial charge in [-0.2, -0.15) is 0 Å². The molecule has 0 saturated heterocycles. The van der Waals surface area contributed by atoms with Gasteiger partial charge in [0, 0.05) is 18.4 Å². The number of rotatable bonds is 6. The normalized spacial score (nSPS) is 10.2. The predicted molar refractivity (Wildman–Crippen MR) is 85.1 cm³/mol. The molecule has 21 heavy (non-hydrogen) atoms. The van der Waals surface area contributed by atoms with Crippen molar-refractivity contribution in [2.75, 3.05) is 16.9 Å². The topological polar surface area (TPSA) is 71.2 Å². The molecule has 1 aromatic heterocycles. The Balaban J connectivity index is 2.24. The summed E-state index contributed by atoms with van der Waals surface area (Å²) in [6, 6.07) is 13.1. The maximum Gasteiger partial charge on any atom is 0.259 e. The van der Waals surface area contributed by atoms with Gasteiger partial charge in [0.15, 0.2) is 0 Å². The van der Waals surface area contributed by atoms with Crippen LogP contribution in [0.25, 0.3) is 0 Å². The minimum Gasteiger partial charge on any atom is -0.308 e. The summed E-state index contributed by atoms with van der Waals surface area (Å²) in [6.45, 7) is 2.80. The maximum absolute atomic E-state index is 12.7. The van der Waals surface area contributed by atoms with Crippen molar-refractivity contribution < 1.29 is 4.79 Å². The van der Waals surface area contributed by atoms with Gasteiger partial charge < -0.3 is 10.3 Å². The summed E-state index contributed by atoms with van der Waals surface area (Å²) in [6.07, 6.45) is 3.53. The molecule has 1 aromatic carbocycles. The van der Waals surface area contributed by atoms with Gasteiger partial charge in [0.05, 0.1) is 5.56 Å². The fourth-order valence-electron chi connectivity index (χ4n) is 2.03. The lowest BCUT2D eigenvalue weighted by Gasteiger charge is -2.22. The molecular formula is C16H20N4O. The highest BCUT2D eigenvalue weighted by molar-refractivity contribution is 6.05. The van der Waals surface area contributed by atoms with E-state index in [-0.39, 0.29) is 5.91 Å². The van der Waals surface area contributed by atoms with Gasteiger partial charge in [0.1, 0.15) is 5.82 Å². The molecule has 0 spiro atoms. The zero-order chi connectivity index (χ0) is 15.1. The minimum atomic E-state index is -0.0503. The number of nitrogens with two attached hydrogens (primary N) is 1. The van der Waals surface area contributed by atoms with Crippen LogP contribution in [0, 0.1) is 0 Å². The fourth-order valence-corrected chi connectivity index (χ4v) is 2.03. The molecule has 0 aliphatic carbocycles. The maximum atomic E-state index is 12.7. The Labute approximate surface area is 124 Å². The summed E-state index contributed by atoms with van der Waals surface area (Å²) in [7, 11) is 0. The molecule has 5 nitrogen and oxygen atoms in total. The highest BCUT2D eigenvalue weighted by atomic mass is 16.2. The van der Waals surface area contributed by atoms with Crippen LogP contribution >= 0.6 is 0 Å². The number of benzene rings is 1. The van der Waals surface area contributed by atoms with Crippen molar-refractivity contribution in [3.05, 3.63) is 54.2 Å². The van der Waals surface area contributed by atoms with Crippen LogP contribution in [-0.4, -0.2) is 17.4 Å². The van der Waals surface area contributed by atoms with E-state index in [9.17, 15) is 4.79 Å². The summed E-state index contributed by atoms with van der Waals surface area (Å²) < 4.78 is 0. The lowest BCUT2D eigenvalue weighted by molar-refractivity contribution is 0.0986. The molecule has 0 aliphatic heterocycles. The average molecular weight is 284 g/mol. The molecule has 5 heteroatoms. The molecule has 0 unspecified atom stereocenters. The quantitative estimate of drug-likeness (QED) is 0.632. The Bertz CT molecular complexity index is 569. The Hall–Kier alpha value is -2.40. The van der Waals surface area contributed by atoms with Gasteiger partial charge in [-0.1, -0.05) is 31.5 Å². The second-order valence-corrected chi connectivity index (χ2v) is 4.72. The van der Waals surface area contributed by atoms with Gasteiger partial charge in [0.2, 0.25) is 0 Å². The number of anilines is 2. The molecule has 110 valence electrons. The zero-order valence-electron chi connectivity index (χ0n) is 12.1. The number of aromatic nitrogens is 1. The Morgan fingerprint density at radius 3 is 2.57 bits per heavy atom. The molecule has 1 amide bonds. The van der Waals surface area contributed by atoms with Crippen LogP contribution in [0.1, 0.15) is 30.1 Å². The Morgan fingerprint density at radius 2 is 2.00 bits per heavy atom. The standard InChI is InChI=1S/C16H20N4O/c1-2-3-11-20(14-7-5-4-6-8-14)16(21)13-9-10-15(19-17)18-12-13/h4-10,12H,2-3,11,17H2,1H3,(H,18,19). The number of para-hydroxylation sites is 1. The molecule has 0 saturated carbocycles. The largest absolute Gasteiger partial charge is 0.308 e. The van der Waals surface area contributed by atoms with Crippen molar-refractivity contribution in [1.29, 1.82) is 0 Å². The molecule has 0 bridgehead atoms. The van der Waals surface area contributed by atoms with E-state index in [1.54, 1.807) is 23.2 Å². The third-order valence-corrected chi connectivity index (χ3v) is 3.21. The number of unbranched alkanes of at least 4 members (excludes halogenated alkanes) is 1. The van der Waals surface area contributed by atoms with Crippen molar-refractivity contribution in [2.24, 2.45) is 5.84 Å². The number of hydrazine groups is 1. The minimum absolute atomic E-state index is 0.0503. The van der Waals surface area contributed by atoms with Crippen LogP contribution < -0.4 is 16.2 Å². The van der Waals surface area contributed by atoms with E-state index in [4.69, 9.17) is 5.84 Å². The van der Waals surface area contributed by atoms with E-state index in [0.29, 0.717) is 17.9 Å². The number of nitrogens with one attached hydrogen (secondary N) is 1. The summed E-state index contributed by atoms with van der Waals surface area (Å²) >= 11 is 0. The first-order valence-electron chi connectivity index (χ1n) is 7.06. The van der Waals surface area contributed by atoms with Gasteiger partial charge in [0.25, 0.3) is 5.91 Å². The fraction of sp³-hybridized carbons (Fsp3) is 0.250. The zero-order valence-corrected chi connectivity index (χ0v) is 12.1. The first-order chi connectivity index (χ1) is 10.3. The number of hydrogen-bond donors (Lipinski definition) is 2. The summed E-state index contributed by atoms with van der Waals surface area (Å²) in [5.74, 6) is 5.77. The van der Waals surface area contributed by atoms with E-state index in [0.717, 1.165) is 18.5 Å². The van der Waals surface area contributed by atoms with Gasteiger partial charge >= 0.3 is 0 Å². The van der Waals surface area contributed by atoms with E-state index < -0.39 is 0 Å². The van der Waals surface area contributed by atoms with Crippen LogP contribution in [0.2, 0.25) is 0 Å². The van der Waals surface area contributed by atoms with Gasteiger partial charge in [-0.3, -0.25) is 4.79 Å². The first kappa shape index (κ1) is 15.0. The van der Waals surface area contributed by atoms with Crippen molar-refractivity contribution in [3.63, 3.8) is 0 Å². The SMILES string of the molecule is CCCCN(C(=O)c1ccc(NN)nc1)c1ccccc1. The molecule has 0 atom stereocenters. The molecule has 2 rings (SSSR count). The van der Waals surface area contributed by atoms with E-state index in [1.807, 2.05) is 30.3 Å². The van der Waals surface area contributed by atoms with E-state index >= 15 is 0 Å². The molecule has 0 fully saturated rings. The lowest BCUT2D eigenvalue weighted by atomic mass is 10.2. The van der Waals surface area contributed by atoms with Crippen LogP contribution in [0.15, 0.2) is 48.7 Å². The van der Waals surface area contributed by atoms with E-state index in [1.165, 1.54) is 0 Å². The average Bonchev–Trinajstić information content (AvgIpc) is 2.56. The van der Waals surface area contributed by atoms with Gasteiger partial charge in [-0.05, 0) is 30.7 Å². The molecular weight excluding hydrogens is 264 g/mol. The monoisotopic (exact) mass is 284 g/mol. The summed E-state index contributed by atoms with van der Waals surface area (Å²) in [5.41, 5.74) is 3.90. The second-order valence-electron chi connectivity index (χ2n) is 4.72. The van der Waals surface area contributed by atoms with Crippen LogP contribution in [0.3, 0.4) is 0 Å². The molecule has 1 heterocycles. The molecule has 3 N–H and O–H groups in total. The third-order valence-electron chi connectivity index (χ3n) is 3.21. The number of nitrogen functional groups attached to an aromatic ring is 1. The van der Waals surface area contributed by atoms with Crippen molar-refractivity contribution in [1.82, 2.24) is 4.98 Å². The molecule has 0 radical (unpaired) electrons. The Kier molecular flexibility index (Phi) is 5.29. The van der Waals surface area contributed by atoms with Crippen LogP contribution in [-0.2, 0) is 0 Å². The van der Waals surface area contributed by atoms with Crippen LogP contribution in [0.4, 0.5) is 11.5 Å². The number of amides is 1.